The highest BCUT2D eigenvalue weighted by molar-refractivity contribution is 6.34. The van der Waals surface area contributed by atoms with E-state index in [9.17, 15) is 24.5 Å². The van der Waals surface area contributed by atoms with Gasteiger partial charge in [0.2, 0.25) is 0 Å². The Labute approximate surface area is 151 Å². The molecule has 26 heavy (non-hydrogen) atoms. The van der Waals surface area contributed by atoms with Gasteiger partial charge in [-0.2, -0.15) is 0 Å². The molecule has 0 radical (unpaired) electrons. The fourth-order valence-electron chi connectivity index (χ4n) is 1.98. The highest BCUT2D eigenvalue weighted by Crippen LogP contribution is 2.24. The van der Waals surface area contributed by atoms with Crippen LogP contribution in [0, 0.1) is 10.1 Å². The number of carbonyl (C=O) groups is 3. The molecule has 0 atom stereocenters. The molecule has 134 valence electrons. The predicted octanol–water partition coefficient (Wildman–Crippen LogP) is 2.14. The number of ether oxygens (including phenoxy) is 1. The maximum absolute atomic E-state index is 12.4. The lowest BCUT2D eigenvalue weighted by Crippen LogP contribution is -2.22. The first-order valence-electron chi connectivity index (χ1n) is 7.09. The summed E-state index contributed by atoms with van der Waals surface area (Å²) >= 11 is 5.91. The van der Waals surface area contributed by atoms with Gasteiger partial charge in [-0.1, -0.05) is 23.7 Å². The number of carbonyl (C=O) groups excluding carboxylic acids is 3. The second kappa shape index (κ2) is 8.08. The minimum atomic E-state index is -0.852. The summed E-state index contributed by atoms with van der Waals surface area (Å²) in [6.45, 7) is -0.602. The van der Waals surface area contributed by atoms with E-state index in [0.717, 1.165) is 12.1 Å². The molecule has 0 aromatic heterocycles. The molecule has 0 aliphatic rings. The van der Waals surface area contributed by atoms with Gasteiger partial charge in [-0.25, -0.2) is 4.79 Å². The topological polar surface area (TPSA) is 142 Å². The Bertz CT molecular complexity index is 899. The van der Waals surface area contributed by atoms with Gasteiger partial charge >= 0.3 is 5.97 Å². The quantitative estimate of drug-likeness (QED) is 0.448. The average molecular weight is 378 g/mol. The fourth-order valence-corrected chi connectivity index (χ4v) is 2.24. The minimum Gasteiger partial charge on any atom is -0.452 e. The number of non-ortho nitro benzene ring substituents is 1. The van der Waals surface area contributed by atoms with Crippen LogP contribution in [-0.2, 0) is 9.53 Å². The first-order chi connectivity index (χ1) is 12.3. The van der Waals surface area contributed by atoms with E-state index in [1.807, 2.05) is 0 Å². The van der Waals surface area contributed by atoms with Crippen LogP contribution in [0.1, 0.15) is 20.7 Å². The van der Waals surface area contributed by atoms with Crippen LogP contribution in [0.5, 0.6) is 0 Å². The molecule has 0 spiro atoms. The van der Waals surface area contributed by atoms with Gasteiger partial charge in [-0.15, -0.1) is 0 Å². The Morgan fingerprint density at radius 1 is 1.15 bits per heavy atom. The van der Waals surface area contributed by atoms with Gasteiger partial charge in [-0.3, -0.25) is 19.7 Å². The summed E-state index contributed by atoms with van der Waals surface area (Å²) in [7, 11) is 0. The van der Waals surface area contributed by atoms with Crippen LogP contribution in [0.3, 0.4) is 0 Å². The monoisotopic (exact) mass is 377 g/mol. The van der Waals surface area contributed by atoms with E-state index in [4.69, 9.17) is 22.1 Å². The molecule has 2 aromatic carbocycles. The number of nitrogens with two attached hydrogens (primary N) is 1. The van der Waals surface area contributed by atoms with Gasteiger partial charge in [0, 0.05) is 12.1 Å². The van der Waals surface area contributed by atoms with Gasteiger partial charge in [0.15, 0.2) is 6.61 Å². The fraction of sp³-hybridized carbons (Fsp3) is 0.0625. The highest BCUT2D eigenvalue weighted by Gasteiger charge is 2.18. The van der Waals surface area contributed by atoms with Crippen molar-refractivity contribution in [3.05, 3.63) is 68.7 Å². The molecule has 2 rings (SSSR count). The number of primary amides is 1. The molecule has 0 saturated heterocycles. The number of nitro benzene ring substituents is 1. The number of nitrogens with one attached hydrogen (secondary N) is 1. The van der Waals surface area contributed by atoms with Crippen LogP contribution in [0.2, 0.25) is 5.02 Å². The summed E-state index contributed by atoms with van der Waals surface area (Å²) in [6.07, 6.45) is 0. The van der Waals surface area contributed by atoms with E-state index >= 15 is 0 Å². The molecule has 2 amide bonds. The predicted molar refractivity (Wildman–Crippen MR) is 92.0 cm³/mol. The molecule has 0 saturated carbocycles. The first-order valence-corrected chi connectivity index (χ1v) is 7.47. The summed E-state index contributed by atoms with van der Waals surface area (Å²) in [5, 5.41) is 13.1. The van der Waals surface area contributed by atoms with Crippen LogP contribution in [0.15, 0.2) is 42.5 Å². The van der Waals surface area contributed by atoms with Crippen molar-refractivity contribution in [2.75, 3.05) is 11.9 Å². The van der Waals surface area contributed by atoms with E-state index in [0.29, 0.717) is 0 Å². The van der Waals surface area contributed by atoms with Crippen molar-refractivity contribution in [3.63, 3.8) is 0 Å². The summed E-state index contributed by atoms with van der Waals surface area (Å²) in [5.41, 5.74) is 4.75. The Balaban J connectivity index is 2.23. The number of benzene rings is 2. The minimum absolute atomic E-state index is 0.000124. The number of nitrogens with zero attached hydrogens (tertiary/aromatic N) is 1. The lowest BCUT2D eigenvalue weighted by Gasteiger charge is -2.11. The number of nitro groups is 1. The summed E-state index contributed by atoms with van der Waals surface area (Å²) in [4.78, 5) is 45.1. The summed E-state index contributed by atoms with van der Waals surface area (Å²) in [6, 6.07) is 9.31. The second-order valence-electron chi connectivity index (χ2n) is 4.96. The molecule has 2 aromatic rings. The smallest absolute Gasteiger partial charge is 0.340 e. The summed E-state index contributed by atoms with van der Waals surface area (Å²) in [5.74, 6) is -2.35. The number of esters is 1. The number of halogens is 1. The van der Waals surface area contributed by atoms with Crippen molar-refractivity contribution in [2.24, 2.45) is 5.73 Å². The third-order valence-electron chi connectivity index (χ3n) is 3.15. The van der Waals surface area contributed by atoms with Crippen LogP contribution in [0.25, 0.3) is 0 Å². The standard InChI is InChI=1S/C16H12ClN3O6/c17-12-7-9(20(24)25)5-6-10(12)15(22)19-13-4-2-1-3-11(13)16(23)26-8-14(18)21/h1-7H,8H2,(H2,18,21)(H,19,22). The molecule has 9 nitrogen and oxygen atoms in total. The second-order valence-corrected chi connectivity index (χ2v) is 5.37. The summed E-state index contributed by atoms with van der Waals surface area (Å²) < 4.78 is 4.72. The van der Waals surface area contributed by atoms with Crippen molar-refractivity contribution >= 4 is 40.8 Å². The Hall–Kier alpha value is -3.46. The molecule has 10 heteroatoms. The first kappa shape index (κ1) is 18.9. The third-order valence-corrected chi connectivity index (χ3v) is 3.46. The van der Waals surface area contributed by atoms with Crippen molar-refractivity contribution in [1.82, 2.24) is 0 Å². The average Bonchev–Trinajstić information content (AvgIpc) is 2.59. The number of hydrogen-bond acceptors (Lipinski definition) is 6. The maximum Gasteiger partial charge on any atom is 0.340 e. The number of para-hydroxylation sites is 1. The van der Waals surface area contributed by atoms with Gasteiger partial charge in [-0.05, 0) is 18.2 Å². The SMILES string of the molecule is NC(=O)COC(=O)c1ccccc1NC(=O)c1ccc([N+](=O)[O-])cc1Cl. The van der Waals surface area contributed by atoms with E-state index in [1.54, 1.807) is 6.07 Å². The van der Waals surface area contributed by atoms with E-state index in [-0.39, 0.29) is 27.5 Å². The van der Waals surface area contributed by atoms with Crippen molar-refractivity contribution in [2.45, 2.75) is 0 Å². The van der Waals surface area contributed by atoms with Crippen LogP contribution < -0.4 is 11.1 Å². The van der Waals surface area contributed by atoms with Crippen molar-refractivity contribution < 1.29 is 24.0 Å². The number of hydrogen-bond donors (Lipinski definition) is 2. The Morgan fingerprint density at radius 2 is 1.85 bits per heavy atom. The van der Waals surface area contributed by atoms with Crippen LogP contribution in [0.4, 0.5) is 11.4 Å². The Morgan fingerprint density at radius 3 is 2.46 bits per heavy atom. The lowest BCUT2D eigenvalue weighted by atomic mass is 10.1. The van der Waals surface area contributed by atoms with Crippen molar-refractivity contribution in [3.8, 4) is 0 Å². The van der Waals surface area contributed by atoms with Gasteiger partial charge in [0.05, 0.1) is 26.8 Å². The molecular weight excluding hydrogens is 366 g/mol. The van der Waals surface area contributed by atoms with E-state index in [1.165, 1.54) is 24.3 Å². The zero-order valence-electron chi connectivity index (χ0n) is 13.1. The molecule has 0 bridgehead atoms. The van der Waals surface area contributed by atoms with E-state index < -0.39 is 29.3 Å². The maximum atomic E-state index is 12.4. The third kappa shape index (κ3) is 4.54. The lowest BCUT2D eigenvalue weighted by molar-refractivity contribution is -0.384. The largest absolute Gasteiger partial charge is 0.452 e. The number of rotatable bonds is 6. The number of anilines is 1. The molecule has 0 aliphatic heterocycles. The van der Waals surface area contributed by atoms with Gasteiger partial charge < -0.3 is 15.8 Å². The number of amides is 2. The normalized spacial score (nSPS) is 10.0. The van der Waals surface area contributed by atoms with E-state index in [2.05, 4.69) is 5.32 Å². The van der Waals surface area contributed by atoms with Gasteiger partial charge in [0.1, 0.15) is 0 Å². The zero-order valence-corrected chi connectivity index (χ0v) is 13.9. The molecular formula is C16H12ClN3O6. The molecule has 3 N–H and O–H groups in total. The zero-order chi connectivity index (χ0) is 19.3. The Kier molecular flexibility index (Phi) is 5.86. The van der Waals surface area contributed by atoms with Crippen LogP contribution in [-0.4, -0.2) is 29.3 Å². The van der Waals surface area contributed by atoms with Gasteiger partial charge in [0.25, 0.3) is 17.5 Å². The highest BCUT2D eigenvalue weighted by atomic mass is 35.5. The van der Waals surface area contributed by atoms with Crippen LogP contribution >= 0.6 is 11.6 Å². The molecule has 0 aliphatic carbocycles. The molecule has 0 fully saturated rings. The molecule has 0 unspecified atom stereocenters. The van der Waals surface area contributed by atoms with Crippen molar-refractivity contribution in [1.29, 1.82) is 0 Å². The molecule has 0 heterocycles.